The summed E-state index contributed by atoms with van der Waals surface area (Å²) in [5, 5.41) is 6.27. The molecule has 1 aromatic carbocycles. The highest BCUT2D eigenvalue weighted by molar-refractivity contribution is 9.10. The molecule has 5 heteroatoms. The van der Waals surface area contributed by atoms with Crippen molar-refractivity contribution in [3.63, 3.8) is 0 Å². The van der Waals surface area contributed by atoms with Crippen LogP contribution in [0.1, 0.15) is 6.42 Å². The van der Waals surface area contributed by atoms with Crippen molar-refractivity contribution in [2.24, 2.45) is 0 Å². The molecule has 0 saturated heterocycles. The molecule has 0 aliphatic rings. The first-order valence-electron chi connectivity index (χ1n) is 4.53. The number of amides is 1. The zero-order chi connectivity index (χ0) is 11.3. The van der Waals surface area contributed by atoms with Gasteiger partial charge in [0.1, 0.15) is 0 Å². The monoisotopic (exact) mass is 290 g/mol. The smallest absolute Gasteiger partial charge is 0.225 e. The van der Waals surface area contributed by atoms with Crippen molar-refractivity contribution in [1.82, 2.24) is 5.32 Å². The Labute approximate surface area is 102 Å². The molecule has 0 unspecified atom stereocenters. The Balaban J connectivity index is 2.64. The fraction of sp³-hybridized carbons (Fsp3) is 0.300. The first kappa shape index (κ1) is 12.5. The molecule has 1 amide bonds. The lowest BCUT2D eigenvalue weighted by atomic mass is 10.3. The summed E-state index contributed by atoms with van der Waals surface area (Å²) in [5.41, 5.74) is 0.698. The van der Waals surface area contributed by atoms with Crippen molar-refractivity contribution in [3.05, 3.63) is 27.7 Å². The lowest BCUT2D eigenvalue weighted by Crippen LogP contribution is -2.18. The standard InChI is InChI=1S/C10H12BrClN2O/c1-13-6-5-9(15)14-8-4-2-3-7(12)10(8)11/h2-4,13H,5-6H2,1H3,(H,14,15). The van der Waals surface area contributed by atoms with Gasteiger partial charge in [0.15, 0.2) is 0 Å². The number of nitrogens with one attached hydrogen (secondary N) is 2. The molecule has 0 bridgehead atoms. The summed E-state index contributed by atoms with van der Waals surface area (Å²) >= 11 is 9.21. The number of hydrogen-bond donors (Lipinski definition) is 2. The first-order chi connectivity index (χ1) is 7.15. The van der Waals surface area contributed by atoms with Gasteiger partial charge >= 0.3 is 0 Å². The van der Waals surface area contributed by atoms with Crippen molar-refractivity contribution in [3.8, 4) is 0 Å². The summed E-state index contributed by atoms with van der Waals surface area (Å²) in [5.74, 6) is -0.0349. The molecule has 82 valence electrons. The average molecular weight is 292 g/mol. The molecule has 1 rings (SSSR count). The van der Waals surface area contributed by atoms with E-state index < -0.39 is 0 Å². The second-order valence-electron chi connectivity index (χ2n) is 3.00. The van der Waals surface area contributed by atoms with Crippen LogP contribution in [0, 0.1) is 0 Å². The minimum Gasteiger partial charge on any atom is -0.325 e. The number of rotatable bonds is 4. The molecular formula is C10H12BrClN2O. The van der Waals surface area contributed by atoms with Crippen LogP contribution < -0.4 is 10.6 Å². The van der Waals surface area contributed by atoms with Gasteiger partial charge in [0, 0.05) is 13.0 Å². The van der Waals surface area contributed by atoms with E-state index in [1.54, 1.807) is 18.2 Å². The predicted molar refractivity (Wildman–Crippen MR) is 66.3 cm³/mol. The third-order valence-corrected chi connectivity index (χ3v) is 3.23. The molecule has 2 N–H and O–H groups in total. The Hall–Kier alpha value is -0.580. The van der Waals surface area contributed by atoms with E-state index in [9.17, 15) is 4.79 Å². The minimum absolute atomic E-state index is 0.0349. The van der Waals surface area contributed by atoms with Crippen LogP contribution in [-0.2, 0) is 4.79 Å². The molecule has 0 atom stereocenters. The largest absolute Gasteiger partial charge is 0.325 e. The number of carbonyl (C=O) groups excluding carboxylic acids is 1. The van der Waals surface area contributed by atoms with Gasteiger partial charge in [-0.05, 0) is 35.1 Å². The highest BCUT2D eigenvalue weighted by atomic mass is 79.9. The van der Waals surface area contributed by atoms with E-state index in [0.717, 1.165) is 0 Å². The van der Waals surface area contributed by atoms with Gasteiger partial charge in [-0.1, -0.05) is 17.7 Å². The molecule has 0 aliphatic carbocycles. The minimum atomic E-state index is -0.0349. The van der Waals surface area contributed by atoms with Gasteiger partial charge in [0.25, 0.3) is 0 Å². The average Bonchev–Trinajstić information content (AvgIpc) is 2.22. The highest BCUT2D eigenvalue weighted by Gasteiger charge is 2.06. The molecule has 0 radical (unpaired) electrons. The van der Waals surface area contributed by atoms with Crippen LogP contribution in [0.3, 0.4) is 0 Å². The Morgan fingerprint density at radius 3 is 2.93 bits per heavy atom. The maximum atomic E-state index is 11.4. The molecule has 0 aromatic heterocycles. The Morgan fingerprint density at radius 2 is 2.27 bits per heavy atom. The highest BCUT2D eigenvalue weighted by Crippen LogP contribution is 2.29. The third kappa shape index (κ3) is 3.81. The van der Waals surface area contributed by atoms with Crippen LogP contribution in [0.5, 0.6) is 0 Å². The molecule has 15 heavy (non-hydrogen) atoms. The fourth-order valence-corrected chi connectivity index (χ4v) is 1.59. The van der Waals surface area contributed by atoms with E-state index in [4.69, 9.17) is 11.6 Å². The van der Waals surface area contributed by atoms with E-state index in [0.29, 0.717) is 28.1 Å². The number of hydrogen-bond acceptors (Lipinski definition) is 2. The molecule has 0 spiro atoms. The molecule has 0 fully saturated rings. The molecule has 1 aromatic rings. The van der Waals surface area contributed by atoms with Gasteiger partial charge in [-0.2, -0.15) is 0 Å². The normalized spacial score (nSPS) is 10.1. The maximum Gasteiger partial charge on any atom is 0.225 e. The molecular weight excluding hydrogens is 279 g/mol. The second-order valence-corrected chi connectivity index (χ2v) is 4.20. The summed E-state index contributed by atoms with van der Waals surface area (Å²) < 4.78 is 0.712. The predicted octanol–water partition coefficient (Wildman–Crippen LogP) is 2.65. The van der Waals surface area contributed by atoms with Crippen LogP contribution in [0.4, 0.5) is 5.69 Å². The summed E-state index contributed by atoms with van der Waals surface area (Å²) in [7, 11) is 1.81. The third-order valence-electron chi connectivity index (χ3n) is 1.83. The summed E-state index contributed by atoms with van der Waals surface area (Å²) in [6.07, 6.45) is 0.440. The summed E-state index contributed by atoms with van der Waals surface area (Å²) in [6, 6.07) is 5.35. The lowest BCUT2D eigenvalue weighted by molar-refractivity contribution is -0.116. The van der Waals surface area contributed by atoms with Crippen LogP contribution in [0.2, 0.25) is 5.02 Å². The Kier molecular flexibility index (Phi) is 5.08. The molecule has 0 heterocycles. The van der Waals surface area contributed by atoms with Gasteiger partial charge < -0.3 is 10.6 Å². The summed E-state index contributed by atoms with van der Waals surface area (Å²) in [6.45, 7) is 0.657. The van der Waals surface area contributed by atoms with Crippen LogP contribution in [0.15, 0.2) is 22.7 Å². The van der Waals surface area contributed by atoms with E-state index in [1.165, 1.54) is 0 Å². The molecule has 0 aliphatic heterocycles. The number of carbonyl (C=O) groups is 1. The quantitative estimate of drug-likeness (QED) is 0.895. The SMILES string of the molecule is CNCCC(=O)Nc1cccc(Cl)c1Br. The van der Waals surface area contributed by atoms with Gasteiger partial charge in [0.05, 0.1) is 15.2 Å². The van der Waals surface area contributed by atoms with Crippen molar-refractivity contribution in [2.75, 3.05) is 18.9 Å². The van der Waals surface area contributed by atoms with E-state index in [2.05, 4.69) is 26.6 Å². The zero-order valence-corrected chi connectivity index (χ0v) is 10.7. The van der Waals surface area contributed by atoms with Gasteiger partial charge in [0.2, 0.25) is 5.91 Å². The number of benzene rings is 1. The number of anilines is 1. The lowest BCUT2D eigenvalue weighted by Gasteiger charge is -2.07. The van der Waals surface area contributed by atoms with E-state index >= 15 is 0 Å². The van der Waals surface area contributed by atoms with Gasteiger partial charge in [-0.15, -0.1) is 0 Å². The maximum absolute atomic E-state index is 11.4. The van der Waals surface area contributed by atoms with E-state index in [-0.39, 0.29) is 5.91 Å². The molecule has 3 nitrogen and oxygen atoms in total. The van der Waals surface area contributed by atoms with Crippen molar-refractivity contribution in [2.45, 2.75) is 6.42 Å². The molecule has 0 saturated carbocycles. The van der Waals surface area contributed by atoms with Gasteiger partial charge in [-0.25, -0.2) is 0 Å². The summed E-state index contributed by atoms with van der Waals surface area (Å²) in [4.78, 5) is 11.4. The van der Waals surface area contributed by atoms with Crippen molar-refractivity contribution < 1.29 is 4.79 Å². The Morgan fingerprint density at radius 1 is 1.53 bits per heavy atom. The second kappa shape index (κ2) is 6.10. The van der Waals surface area contributed by atoms with Gasteiger partial charge in [-0.3, -0.25) is 4.79 Å². The zero-order valence-electron chi connectivity index (χ0n) is 8.31. The topological polar surface area (TPSA) is 41.1 Å². The van der Waals surface area contributed by atoms with Crippen molar-refractivity contribution in [1.29, 1.82) is 0 Å². The van der Waals surface area contributed by atoms with Crippen LogP contribution >= 0.6 is 27.5 Å². The van der Waals surface area contributed by atoms with Crippen LogP contribution in [0.25, 0.3) is 0 Å². The number of halogens is 2. The van der Waals surface area contributed by atoms with Crippen molar-refractivity contribution >= 4 is 39.1 Å². The Bertz CT molecular complexity index is 357. The first-order valence-corrected chi connectivity index (χ1v) is 5.70. The fourth-order valence-electron chi connectivity index (χ4n) is 1.05. The van der Waals surface area contributed by atoms with E-state index in [1.807, 2.05) is 7.05 Å². The van der Waals surface area contributed by atoms with Crippen LogP contribution in [-0.4, -0.2) is 19.5 Å².